The molecule has 0 spiro atoms. The standard InChI is InChI=1S/C19H17N5O4/c20-10-13-19(28-18(23-13)16-2-1-9-27-16)24-7-4-12(5-8-24)17(26)22-14-11-21-6-3-15(14)25/h1-3,6,9,11-12H,4-5,7-8H2,(H,21,25)(H,22,26). The Kier molecular flexibility index (Phi) is 4.68. The van der Waals surface area contributed by atoms with Crippen LogP contribution < -0.4 is 15.6 Å². The molecule has 1 saturated heterocycles. The molecule has 4 rings (SSSR count). The lowest BCUT2D eigenvalue weighted by atomic mass is 9.96. The molecule has 3 aromatic rings. The number of nitriles is 1. The van der Waals surface area contributed by atoms with Gasteiger partial charge in [0.05, 0.1) is 6.26 Å². The van der Waals surface area contributed by atoms with Crippen LogP contribution in [0.3, 0.4) is 0 Å². The number of nitrogens with one attached hydrogen (secondary N) is 2. The topological polar surface area (TPSA) is 128 Å². The molecule has 1 amide bonds. The van der Waals surface area contributed by atoms with Crippen molar-refractivity contribution in [3.05, 3.63) is 52.8 Å². The molecule has 0 unspecified atom stereocenters. The molecule has 9 heteroatoms. The highest BCUT2D eigenvalue weighted by molar-refractivity contribution is 5.92. The zero-order chi connectivity index (χ0) is 19.5. The van der Waals surface area contributed by atoms with E-state index < -0.39 is 0 Å². The zero-order valence-electron chi connectivity index (χ0n) is 14.8. The summed E-state index contributed by atoms with van der Waals surface area (Å²) in [6, 6.07) is 6.83. The maximum atomic E-state index is 12.5. The number of hydrogen-bond donors (Lipinski definition) is 2. The van der Waals surface area contributed by atoms with Crippen LogP contribution in [-0.4, -0.2) is 29.0 Å². The second-order valence-corrected chi connectivity index (χ2v) is 6.43. The molecule has 1 fully saturated rings. The lowest BCUT2D eigenvalue weighted by Crippen LogP contribution is -2.38. The summed E-state index contributed by atoms with van der Waals surface area (Å²) in [4.78, 5) is 33.1. The number of aromatic nitrogens is 2. The van der Waals surface area contributed by atoms with Gasteiger partial charge in [0.25, 0.3) is 5.89 Å². The van der Waals surface area contributed by atoms with E-state index in [1.165, 1.54) is 24.7 Å². The number of rotatable bonds is 4. The number of piperidine rings is 1. The Balaban J connectivity index is 1.43. The predicted molar refractivity (Wildman–Crippen MR) is 99.5 cm³/mol. The Hall–Kier alpha value is -3.80. The molecule has 0 radical (unpaired) electrons. The van der Waals surface area contributed by atoms with Crippen molar-refractivity contribution in [1.82, 2.24) is 9.97 Å². The van der Waals surface area contributed by atoms with Crippen LogP contribution in [0.5, 0.6) is 0 Å². The van der Waals surface area contributed by atoms with E-state index in [9.17, 15) is 14.9 Å². The number of H-pyrrole nitrogens is 1. The summed E-state index contributed by atoms with van der Waals surface area (Å²) in [5.41, 5.74) is 0.181. The molecule has 9 nitrogen and oxygen atoms in total. The third kappa shape index (κ3) is 3.40. The minimum Gasteiger partial charge on any atom is -0.459 e. The molecule has 4 heterocycles. The smallest absolute Gasteiger partial charge is 0.266 e. The summed E-state index contributed by atoms with van der Waals surface area (Å²) in [5.74, 6) is 0.664. The molecule has 1 aliphatic heterocycles. The molecule has 3 aromatic heterocycles. The van der Waals surface area contributed by atoms with Gasteiger partial charge in [0.2, 0.25) is 22.9 Å². The molecular formula is C19H17N5O4. The quantitative estimate of drug-likeness (QED) is 0.712. The second kappa shape index (κ2) is 7.44. The average Bonchev–Trinajstić information content (AvgIpc) is 3.39. The Morgan fingerprint density at radius 3 is 2.86 bits per heavy atom. The van der Waals surface area contributed by atoms with Gasteiger partial charge in [-0.2, -0.15) is 10.2 Å². The van der Waals surface area contributed by atoms with Crippen LogP contribution in [-0.2, 0) is 4.79 Å². The Morgan fingerprint density at radius 2 is 2.18 bits per heavy atom. The van der Waals surface area contributed by atoms with E-state index in [0.29, 0.717) is 37.6 Å². The Labute approximate surface area is 159 Å². The van der Waals surface area contributed by atoms with Crippen molar-refractivity contribution in [3.8, 4) is 17.7 Å². The third-order valence-electron chi connectivity index (χ3n) is 4.68. The van der Waals surface area contributed by atoms with Gasteiger partial charge in [-0.1, -0.05) is 0 Å². The van der Waals surface area contributed by atoms with Gasteiger partial charge in [-0.25, -0.2) is 0 Å². The van der Waals surface area contributed by atoms with Crippen molar-refractivity contribution < 1.29 is 13.6 Å². The molecule has 0 bridgehead atoms. The number of nitrogens with zero attached hydrogens (tertiary/aromatic N) is 3. The van der Waals surface area contributed by atoms with E-state index >= 15 is 0 Å². The van der Waals surface area contributed by atoms with Crippen LogP contribution in [0.1, 0.15) is 18.5 Å². The number of hydrogen-bond acceptors (Lipinski definition) is 7. The fourth-order valence-corrected chi connectivity index (χ4v) is 3.20. The molecular weight excluding hydrogens is 362 g/mol. The van der Waals surface area contributed by atoms with Gasteiger partial charge in [0.15, 0.2) is 5.76 Å². The molecule has 0 aliphatic carbocycles. The molecule has 142 valence electrons. The molecule has 28 heavy (non-hydrogen) atoms. The summed E-state index contributed by atoms with van der Waals surface area (Å²) < 4.78 is 11.0. The first kappa shape index (κ1) is 17.6. The van der Waals surface area contributed by atoms with Crippen molar-refractivity contribution in [1.29, 1.82) is 5.26 Å². The zero-order valence-corrected chi connectivity index (χ0v) is 14.8. The molecule has 0 saturated carbocycles. The molecule has 2 N–H and O–H groups in total. The number of carbonyl (C=O) groups excluding carboxylic acids is 1. The van der Waals surface area contributed by atoms with E-state index in [4.69, 9.17) is 8.83 Å². The minimum atomic E-state index is -0.240. The number of anilines is 2. The van der Waals surface area contributed by atoms with E-state index in [-0.39, 0.29) is 34.5 Å². The highest BCUT2D eigenvalue weighted by Crippen LogP contribution is 2.31. The van der Waals surface area contributed by atoms with Gasteiger partial charge < -0.3 is 24.0 Å². The maximum Gasteiger partial charge on any atom is 0.266 e. The average molecular weight is 379 g/mol. The third-order valence-corrected chi connectivity index (χ3v) is 4.68. The molecule has 1 aliphatic rings. The van der Waals surface area contributed by atoms with Gasteiger partial charge in [0.1, 0.15) is 11.8 Å². The summed E-state index contributed by atoms with van der Waals surface area (Å²) in [6.45, 7) is 1.06. The number of aromatic amines is 1. The van der Waals surface area contributed by atoms with E-state index in [1.54, 1.807) is 12.1 Å². The van der Waals surface area contributed by atoms with Gasteiger partial charge in [-0.15, -0.1) is 0 Å². The van der Waals surface area contributed by atoms with Crippen LogP contribution >= 0.6 is 0 Å². The lowest BCUT2D eigenvalue weighted by molar-refractivity contribution is -0.120. The highest BCUT2D eigenvalue weighted by Gasteiger charge is 2.29. The number of oxazole rings is 1. The number of furan rings is 1. The van der Waals surface area contributed by atoms with E-state index in [0.717, 1.165) is 0 Å². The van der Waals surface area contributed by atoms with Crippen molar-refractivity contribution in [2.45, 2.75) is 12.8 Å². The van der Waals surface area contributed by atoms with Gasteiger partial charge in [-0.3, -0.25) is 9.59 Å². The predicted octanol–water partition coefficient (Wildman–Crippen LogP) is 2.35. The molecule has 0 aromatic carbocycles. The second-order valence-electron chi connectivity index (χ2n) is 6.43. The van der Waals surface area contributed by atoms with Crippen LogP contribution in [0.2, 0.25) is 0 Å². The summed E-state index contributed by atoms with van der Waals surface area (Å²) in [7, 11) is 0. The van der Waals surface area contributed by atoms with Crippen molar-refractivity contribution in [2.75, 3.05) is 23.3 Å². The first-order valence-corrected chi connectivity index (χ1v) is 8.83. The minimum absolute atomic E-state index is 0.185. The first-order valence-electron chi connectivity index (χ1n) is 8.83. The largest absolute Gasteiger partial charge is 0.459 e. The van der Waals surface area contributed by atoms with Crippen molar-refractivity contribution in [2.24, 2.45) is 5.92 Å². The monoisotopic (exact) mass is 379 g/mol. The van der Waals surface area contributed by atoms with Crippen LogP contribution in [0.15, 0.2) is 50.5 Å². The summed E-state index contributed by atoms with van der Waals surface area (Å²) in [6.07, 6.45) is 5.63. The maximum absolute atomic E-state index is 12.5. The fourth-order valence-electron chi connectivity index (χ4n) is 3.20. The number of pyridine rings is 1. The van der Waals surface area contributed by atoms with Gasteiger partial charge in [0, 0.05) is 37.5 Å². The summed E-state index contributed by atoms with van der Waals surface area (Å²) >= 11 is 0. The van der Waals surface area contributed by atoms with E-state index in [1.807, 2.05) is 11.0 Å². The fraction of sp³-hybridized carbons (Fsp3) is 0.263. The van der Waals surface area contributed by atoms with Crippen molar-refractivity contribution >= 4 is 17.5 Å². The Bertz CT molecular complexity index is 1070. The van der Waals surface area contributed by atoms with Gasteiger partial charge in [-0.05, 0) is 25.0 Å². The van der Waals surface area contributed by atoms with Crippen molar-refractivity contribution in [3.63, 3.8) is 0 Å². The van der Waals surface area contributed by atoms with Crippen LogP contribution in [0, 0.1) is 17.2 Å². The van der Waals surface area contributed by atoms with Crippen LogP contribution in [0.25, 0.3) is 11.7 Å². The SMILES string of the molecule is N#Cc1nc(-c2ccco2)oc1N1CCC(C(=O)Nc2c[nH]ccc2=O)CC1. The molecule has 0 atom stereocenters. The summed E-state index contributed by atoms with van der Waals surface area (Å²) in [5, 5.41) is 12.0. The first-order chi connectivity index (χ1) is 13.7. The van der Waals surface area contributed by atoms with E-state index in [2.05, 4.69) is 15.3 Å². The Morgan fingerprint density at radius 1 is 1.36 bits per heavy atom. The number of amides is 1. The highest BCUT2D eigenvalue weighted by atomic mass is 16.4. The normalized spacial score (nSPS) is 14.6. The van der Waals surface area contributed by atoms with Gasteiger partial charge >= 0.3 is 0 Å². The number of carbonyl (C=O) groups is 1. The van der Waals surface area contributed by atoms with Crippen LogP contribution in [0.4, 0.5) is 11.6 Å². The lowest BCUT2D eigenvalue weighted by Gasteiger charge is -2.30.